The molecule has 40 valence electrons. The summed E-state index contributed by atoms with van der Waals surface area (Å²) >= 11 is 0. The lowest BCUT2D eigenvalue weighted by atomic mass is 9.84. The van der Waals surface area contributed by atoms with Crippen molar-refractivity contribution in [3.63, 3.8) is 0 Å². The molecule has 0 radical (unpaired) electrons. The quantitative estimate of drug-likeness (QED) is 0.474. The number of fused-ring (bicyclic) bond motifs is 1. The Morgan fingerprint density at radius 3 is 2.29 bits per heavy atom. The lowest BCUT2D eigenvalue weighted by molar-refractivity contribution is 0.0323. The highest BCUT2D eigenvalue weighted by atomic mass is 16.3. The lowest BCUT2D eigenvalue weighted by Crippen LogP contribution is -2.28. The maximum Gasteiger partial charge on any atom is 0.0685 e. The van der Waals surface area contributed by atoms with Gasteiger partial charge in [-0.2, -0.15) is 0 Å². The summed E-state index contributed by atoms with van der Waals surface area (Å²) in [6, 6.07) is 0. The molecule has 0 aromatic carbocycles. The number of hydrogen-bond donors (Lipinski definition) is 1. The zero-order chi connectivity index (χ0) is 5.07. The van der Waals surface area contributed by atoms with Gasteiger partial charge in [0.1, 0.15) is 0 Å². The number of aliphatic hydroxyl groups is 1. The van der Waals surface area contributed by atoms with E-state index in [2.05, 4.69) is 6.92 Å². The largest absolute Gasteiger partial charge is 0.390 e. The Balaban J connectivity index is 2.12. The molecule has 0 saturated heterocycles. The first-order chi connectivity index (χ1) is 3.22. The van der Waals surface area contributed by atoms with E-state index in [0.717, 1.165) is 18.8 Å². The van der Waals surface area contributed by atoms with E-state index in [1.807, 2.05) is 0 Å². The molecule has 3 unspecified atom stereocenters. The summed E-state index contributed by atoms with van der Waals surface area (Å²) in [6.45, 7) is 2.21. The molecule has 1 N–H and O–H groups in total. The third kappa shape index (κ3) is 0.290. The molecule has 0 aromatic heterocycles. The summed E-state index contributed by atoms with van der Waals surface area (Å²) in [6.07, 6.45) is 2.16. The van der Waals surface area contributed by atoms with Gasteiger partial charge in [-0.25, -0.2) is 0 Å². The maximum absolute atomic E-state index is 9.16. The second-order valence-corrected chi connectivity index (χ2v) is 3.10. The van der Waals surface area contributed by atoms with Crippen LogP contribution in [0.3, 0.4) is 0 Å². The van der Waals surface area contributed by atoms with Crippen molar-refractivity contribution in [1.29, 1.82) is 0 Å². The third-order valence-electron chi connectivity index (χ3n) is 2.47. The summed E-state index contributed by atoms with van der Waals surface area (Å²) in [5, 5.41) is 9.16. The molecule has 2 aliphatic rings. The van der Waals surface area contributed by atoms with Gasteiger partial charge in [0.2, 0.25) is 0 Å². The Labute approximate surface area is 43.3 Å². The van der Waals surface area contributed by atoms with Crippen molar-refractivity contribution >= 4 is 0 Å². The van der Waals surface area contributed by atoms with Crippen molar-refractivity contribution in [2.45, 2.75) is 25.4 Å². The summed E-state index contributed by atoms with van der Waals surface area (Å²) < 4.78 is 0. The van der Waals surface area contributed by atoms with E-state index in [4.69, 9.17) is 5.11 Å². The molecular formula is C6H10O. The lowest BCUT2D eigenvalue weighted by Gasteiger charge is -2.26. The minimum atomic E-state index is -0.139. The molecule has 0 aliphatic heterocycles. The van der Waals surface area contributed by atoms with Crippen LogP contribution in [-0.4, -0.2) is 10.7 Å². The topological polar surface area (TPSA) is 20.2 Å². The van der Waals surface area contributed by atoms with E-state index < -0.39 is 0 Å². The van der Waals surface area contributed by atoms with Gasteiger partial charge in [-0.05, 0) is 24.7 Å². The highest BCUT2D eigenvalue weighted by molar-refractivity contribution is 5.15. The van der Waals surface area contributed by atoms with Crippen LogP contribution in [0.4, 0.5) is 0 Å². The smallest absolute Gasteiger partial charge is 0.0685 e. The summed E-state index contributed by atoms with van der Waals surface area (Å²) in [7, 11) is 0. The summed E-state index contributed by atoms with van der Waals surface area (Å²) in [4.78, 5) is 0. The Kier molecular flexibility index (Phi) is 0.419. The predicted molar refractivity (Wildman–Crippen MR) is 26.8 cm³/mol. The highest BCUT2D eigenvalue weighted by Crippen LogP contribution is 2.62. The summed E-state index contributed by atoms with van der Waals surface area (Å²) in [5.41, 5.74) is -0.139. The van der Waals surface area contributed by atoms with Crippen LogP contribution in [0.15, 0.2) is 0 Å². The van der Waals surface area contributed by atoms with Gasteiger partial charge in [-0.1, -0.05) is 6.92 Å². The fraction of sp³-hybridized carbons (Fsp3) is 1.00. The average Bonchev–Trinajstić information content (AvgIpc) is 2.10. The molecule has 0 spiro atoms. The van der Waals surface area contributed by atoms with E-state index in [9.17, 15) is 0 Å². The van der Waals surface area contributed by atoms with Gasteiger partial charge in [-0.15, -0.1) is 0 Å². The van der Waals surface area contributed by atoms with Gasteiger partial charge in [0.25, 0.3) is 0 Å². The first-order valence-electron chi connectivity index (χ1n) is 2.95. The zero-order valence-electron chi connectivity index (χ0n) is 4.52. The van der Waals surface area contributed by atoms with Crippen LogP contribution in [0.2, 0.25) is 0 Å². The Morgan fingerprint density at radius 2 is 2.29 bits per heavy atom. The third-order valence-corrected chi connectivity index (χ3v) is 2.47. The highest BCUT2D eigenvalue weighted by Gasteiger charge is 2.64. The number of rotatable bonds is 0. The van der Waals surface area contributed by atoms with Crippen LogP contribution >= 0.6 is 0 Å². The van der Waals surface area contributed by atoms with E-state index in [-0.39, 0.29) is 5.60 Å². The Morgan fingerprint density at radius 1 is 1.57 bits per heavy atom. The molecule has 0 bridgehead atoms. The molecular weight excluding hydrogens is 88.1 g/mol. The molecule has 0 aromatic rings. The van der Waals surface area contributed by atoms with Crippen LogP contribution in [0.5, 0.6) is 0 Å². The summed E-state index contributed by atoms with van der Waals surface area (Å²) in [5.74, 6) is 1.53. The molecule has 2 saturated carbocycles. The normalized spacial score (nSPS) is 66.0. The van der Waals surface area contributed by atoms with E-state index in [0.29, 0.717) is 5.92 Å². The monoisotopic (exact) mass is 98.1 g/mol. The van der Waals surface area contributed by atoms with Crippen molar-refractivity contribution in [3.8, 4) is 0 Å². The van der Waals surface area contributed by atoms with Crippen molar-refractivity contribution < 1.29 is 5.11 Å². The van der Waals surface area contributed by atoms with Crippen molar-refractivity contribution in [2.24, 2.45) is 11.8 Å². The van der Waals surface area contributed by atoms with Crippen molar-refractivity contribution in [1.82, 2.24) is 0 Å². The minimum Gasteiger partial charge on any atom is -0.390 e. The van der Waals surface area contributed by atoms with Crippen LogP contribution < -0.4 is 0 Å². The molecule has 0 heterocycles. The van der Waals surface area contributed by atoms with Crippen LogP contribution in [0, 0.1) is 11.8 Å². The Hall–Kier alpha value is -0.0400. The van der Waals surface area contributed by atoms with Gasteiger partial charge >= 0.3 is 0 Å². The zero-order valence-corrected chi connectivity index (χ0v) is 4.52. The second-order valence-electron chi connectivity index (χ2n) is 3.10. The first kappa shape index (κ1) is 3.90. The molecule has 1 nitrogen and oxygen atoms in total. The van der Waals surface area contributed by atoms with Crippen LogP contribution in [0.1, 0.15) is 19.8 Å². The van der Waals surface area contributed by atoms with Crippen LogP contribution in [0.25, 0.3) is 0 Å². The Bertz CT molecular complexity index is 111. The van der Waals surface area contributed by atoms with Gasteiger partial charge in [-0.3, -0.25) is 0 Å². The van der Waals surface area contributed by atoms with Crippen molar-refractivity contribution in [2.75, 3.05) is 0 Å². The SMILES string of the molecule is CC1CC2(O)CC12. The second kappa shape index (κ2) is 0.752. The van der Waals surface area contributed by atoms with Gasteiger partial charge in [0.15, 0.2) is 0 Å². The molecule has 2 aliphatic carbocycles. The fourth-order valence-electron chi connectivity index (χ4n) is 1.83. The molecule has 0 amide bonds. The van der Waals surface area contributed by atoms with Gasteiger partial charge in [0, 0.05) is 0 Å². The molecule has 2 rings (SSSR count). The molecule has 1 heteroatoms. The molecule has 2 fully saturated rings. The molecule has 3 atom stereocenters. The number of hydrogen-bond acceptors (Lipinski definition) is 1. The van der Waals surface area contributed by atoms with E-state index in [1.54, 1.807) is 0 Å². The standard InChI is InChI=1S/C6H10O/c1-4-2-6(7)3-5(4)6/h4-5,7H,2-3H2,1H3. The maximum atomic E-state index is 9.16. The molecule has 7 heavy (non-hydrogen) atoms. The fourth-order valence-corrected chi connectivity index (χ4v) is 1.83. The first-order valence-corrected chi connectivity index (χ1v) is 2.95. The predicted octanol–water partition coefficient (Wildman–Crippen LogP) is 0.777. The van der Waals surface area contributed by atoms with Gasteiger partial charge in [0.05, 0.1) is 5.60 Å². The van der Waals surface area contributed by atoms with Crippen molar-refractivity contribution in [3.05, 3.63) is 0 Å². The van der Waals surface area contributed by atoms with Crippen LogP contribution in [-0.2, 0) is 0 Å². The average molecular weight is 98.1 g/mol. The van der Waals surface area contributed by atoms with E-state index in [1.165, 1.54) is 0 Å². The minimum absolute atomic E-state index is 0.139. The van der Waals surface area contributed by atoms with E-state index >= 15 is 0 Å². The van der Waals surface area contributed by atoms with Gasteiger partial charge < -0.3 is 5.11 Å².